The first kappa shape index (κ1) is 14.4. The topological polar surface area (TPSA) is 32.3 Å². The number of piperidine rings is 1. The predicted octanol–water partition coefficient (Wildman–Crippen LogP) is 2.12. The van der Waals surface area contributed by atoms with Gasteiger partial charge in [0, 0.05) is 23.5 Å². The van der Waals surface area contributed by atoms with Crippen molar-refractivity contribution in [1.82, 2.24) is 10.2 Å². The molecule has 2 rings (SSSR count). The van der Waals surface area contributed by atoms with Crippen LogP contribution in [0, 0.1) is 0 Å². The molecule has 0 bridgehead atoms. The Labute approximate surface area is 120 Å². The van der Waals surface area contributed by atoms with Crippen LogP contribution in [0.3, 0.4) is 0 Å². The van der Waals surface area contributed by atoms with Gasteiger partial charge >= 0.3 is 0 Å². The minimum atomic E-state index is 0.119. The molecule has 1 aromatic rings. The SMILES string of the molecule is CC1CC(NC(=O)Cc2ccc(S)cc2)CCN1C. The molecule has 1 fully saturated rings. The van der Waals surface area contributed by atoms with Gasteiger partial charge in [0.25, 0.3) is 0 Å². The zero-order valence-electron chi connectivity index (χ0n) is 11.6. The Kier molecular flexibility index (Phi) is 4.88. The summed E-state index contributed by atoms with van der Waals surface area (Å²) in [5.41, 5.74) is 1.04. The van der Waals surface area contributed by atoms with Gasteiger partial charge in [-0.05, 0) is 44.5 Å². The molecule has 1 heterocycles. The zero-order chi connectivity index (χ0) is 13.8. The first-order valence-corrected chi connectivity index (χ1v) is 7.27. The van der Waals surface area contributed by atoms with Crippen LogP contribution in [-0.2, 0) is 11.2 Å². The summed E-state index contributed by atoms with van der Waals surface area (Å²) in [7, 11) is 2.14. The van der Waals surface area contributed by atoms with Crippen LogP contribution in [0.1, 0.15) is 25.3 Å². The largest absolute Gasteiger partial charge is 0.353 e. The zero-order valence-corrected chi connectivity index (χ0v) is 12.5. The van der Waals surface area contributed by atoms with Gasteiger partial charge in [0.05, 0.1) is 6.42 Å². The number of carbonyl (C=O) groups is 1. The van der Waals surface area contributed by atoms with Gasteiger partial charge in [0.2, 0.25) is 5.91 Å². The van der Waals surface area contributed by atoms with E-state index < -0.39 is 0 Å². The monoisotopic (exact) mass is 278 g/mol. The Bertz CT molecular complexity index is 432. The van der Waals surface area contributed by atoms with Crippen molar-refractivity contribution in [2.75, 3.05) is 13.6 Å². The standard InChI is InChI=1S/C15H22N2OS/c1-11-9-13(7-8-17(11)2)16-15(18)10-12-3-5-14(19)6-4-12/h3-6,11,13,19H,7-10H2,1-2H3,(H,16,18). The van der Waals surface area contributed by atoms with Gasteiger partial charge in [-0.15, -0.1) is 12.6 Å². The summed E-state index contributed by atoms with van der Waals surface area (Å²) >= 11 is 4.24. The molecule has 1 aromatic carbocycles. The lowest BCUT2D eigenvalue weighted by atomic mass is 9.98. The van der Waals surface area contributed by atoms with E-state index in [-0.39, 0.29) is 5.91 Å². The summed E-state index contributed by atoms with van der Waals surface area (Å²) in [6, 6.07) is 8.62. The van der Waals surface area contributed by atoms with E-state index in [1.807, 2.05) is 24.3 Å². The summed E-state index contributed by atoms with van der Waals surface area (Å²) in [6.45, 7) is 3.27. The van der Waals surface area contributed by atoms with Crippen molar-refractivity contribution < 1.29 is 4.79 Å². The lowest BCUT2D eigenvalue weighted by molar-refractivity contribution is -0.121. The van der Waals surface area contributed by atoms with Crippen LogP contribution in [0.15, 0.2) is 29.2 Å². The molecule has 0 radical (unpaired) electrons. The number of hydrogen-bond donors (Lipinski definition) is 2. The number of hydrogen-bond acceptors (Lipinski definition) is 3. The highest BCUT2D eigenvalue weighted by Gasteiger charge is 2.23. The lowest BCUT2D eigenvalue weighted by Gasteiger charge is -2.35. The molecule has 0 saturated carbocycles. The molecule has 1 N–H and O–H groups in total. The van der Waals surface area contributed by atoms with E-state index in [1.54, 1.807) is 0 Å². The third kappa shape index (κ3) is 4.25. The van der Waals surface area contributed by atoms with Gasteiger partial charge in [-0.3, -0.25) is 4.79 Å². The Hall–Kier alpha value is -1.00. The molecular weight excluding hydrogens is 256 g/mol. The molecule has 1 aliphatic rings. The van der Waals surface area contributed by atoms with Gasteiger partial charge in [-0.25, -0.2) is 0 Å². The third-order valence-electron chi connectivity index (χ3n) is 3.87. The van der Waals surface area contributed by atoms with Crippen molar-refractivity contribution in [3.8, 4) is 0 Å². The maximum Gasteiger partial charge on any atom is 0.224 e. The van der Waals surface area contributed by atoms with E-state index in [2.05, 4.69) is 36.8 Å². The lowest BCUT2D eigenvalue weighted by Crippen LogP contribution is -2.47. The van der Waals surface area contributed by atoms with E-state index in [0.29, 0.717) is 18.5 Å². The maximum atomic E-state index is 12.0. The van der Waals surface area contributed by atoms with Crippen LogP contribution in [0.4, 0.5) is 0 Å². The second-order valence-electron chi connectivity index (χ2n) is 5.46. The number of carbonyl (C=O) groups excluding carboxylic acids is 1. The van der Waals surface area contributed by atoms with E-state index in [0.717, 1.165) is 29.8 Å². The Morgan fingerprint density at radius 2 is 2.11 bits per heavy atom. The average Bonchev–Trinajstić information content (AvgIpc) is 2.37. The quantitative estimate of drug-likeness (QED) is 0.830. The van der Waals surface area contributed by atoms with Gasteiger partial charge < -0.3 is 10.2 Å². The number of benzene rings is 1. The van der Waals surface area contributed by atoms with Gasteiger partial charge in [0.1, 0.15) is 0 Å². The molecule has 1 amide bonds. The smallest absolute Gasteiger partial charge is 0.224 e. The van der Waals surface area contributed by atoms with Crippen LogP contribution in [0.25, 0.3) is 0 Å². The highest BCUT2D eigenvalue weighted by atomic mass is 32.1. The Morgan fingerprint density at radius 1 is 1.42 bits per heavy atom. The second kappa shape index (κ2) is 6.44. The molecule has 19 heavy (non-hydrogen) atoms. The van der Waals surface area contributed by atoms with Gasteiger partial charge in [0.15, 0.2) is 0 Å². The van der Waals surface area contributed by atoms with Crippen molar-refractivity contribution in [2.24, 2.45) is 0 Å². The average molecular weight is 278 g/mol. The first-order valence-electron chi connectivity index (χ1n) is 6.82. The van der Waals surface area contributed by atoms with Crippen LogP contribution in [0.5, 0.6) is 0 Å². The summed E-state index contributed by atoms with van der Waals surface area (Å²) in [6.07, 6.45) is 2.54. The highest BCUT2D eigenvalue weighted by Crippen LogP contribution is 2.15. The van der Waals surface area contributed by atoms with E-state index in [1.165, 1.54) is 0 Å². The van der Waals surface area contributed by atoms with E-state index >= 15 is 0 Å². The van der Waals surface area contributed by atoms with Crippen molar-refractivity contribution >= 4 is 18.5 Å². The van der Waals surface area contributed by atoms with E-state index in [9.17, 15) is 4.79 Å². The fourth-order valence-corrected chi connectivity index (χ4v) is 2.65. The number of nitrogens with one attached hydrogen (secondary N) is 1. The molecule has 0 aliphatic carbocycles. The van der Waals surface area contributed by atoms with Crippen LogP contribution in [-0.4, -0.2) is 36.5 Å². The molecule has 1 aliphatic heterocycles. The minimum absolute atomic E-state index is 0.119. The van der Waals surface area contributed by atoms with Crippen LogP contribution < -0.4 is 5.32 Å². The van der Waals surface area contributed by atoms with Crippen LogP contribution >= 0.6 is 12.6 Å². The molecule has 2 unspecified atom stereocenters. The van der Waals surface area contributed by atoms with Crippen LogP contribution in [0.2, 0.25) is 0 Å². The number of amides is 1. The third-order valence-corrected chi connectivity index (χ3v) is 4.17. The molecule has 4 heteroatoms. The predicted molar refractivity (Wildman–Crippen MR) is 80.7 cm³/mol. The number of rotatable bonds is 3. The Morgan fingerprint density at radius 3 is 2.74 bits per heavy atom. The summed E-state index contributed by atoms with van der Waals surface area (Å²) in [4.78, 5) is 15.3. The fourth-order valence-electron chi connectivity index (χ4n) is 2.50. The summed E-state index contributed by atoms with van der Waals surface area (Å²) in [5.74, 6) is 0.119. The summed E-state index contributed by atoms with van der Waals surface area (Å²) in [5, 5.41) is 3.15. The molecular formula is C15H22N2OS. The van der Waals surface area contributed by atoms with Crippen molar-refractivity contribution in [3.63, 3.8) is 0 Å². The Balaban J connectivity index is 1.83. The molecule has 2 atom stereocenters. The van der Waals surface area contributed by atoms with Crippen molar-refractivity contribution in [3.05, 3.63) is 29.8 Å². The number of thiol groups is 1. The molecule has 104 valence electrons. The van der Waals surface area contributed by atoms with Gasteiger partial charge in [-0.1, -0.05) is 12.1 Å². The summed E-state index contributed by atoms with van der Waals surface area (Å²) < 4.78 is 0. The van der Waals surface area contributed by atoms with E-state index in [4.69, 9.17) is 0 Å². The number of likely N-dealkylation sites (tertiary alicyclic amines) is 1. The molecule has 3 nitrogen and oxygen atoms in total. The molecule has 0 aromatic heterocycles. The van der Waals surface area contributed by atoms with Crippen molar-refractivity contribution in [1.29, 1.82) is 0 Å². The minimum Gasteiger partial charge on any atom is -0.353 e. The van der Waals surface area contributed by atoms with Gasteiger partial charge in [-0.2, -0.15) is 0 Å². The fraction of sp³-hybridized carbons (Fsp3) is 0.533. The first-order chi connectivity index (χ1) is 9.04. The molecule has 0 spiro atoms. The molecule has 1 saturated heterocycles. The highest BCUT2D eigenvalue weighted by molar-refractivity contribution is 7.80. The maximum absolute atomic E-state index is 12.0. The normalized spacial score (nSPS) is 24.2. The number of nitrogens with zero attached hydrogens (tertiary/aromatic N) is 1. The second-order valence-corrected chi connectivity index (χ2v) is 5.98. The van der Waals surface area contributed by atoms with Crippen molar-refractivity contribution in [2.45, 2.75) is 43.2 Å².